The summed E-state index contributed by atoms with van der Waals surface area (Å²) in [4.78, 5) is 0.203. The van der Waals surface area contributed by atoms with Crippen LogP contribution in [0.4, 0.5) is 20.2 Å². The number of hydrogen-bond acceptors (Lipinski definition) is 2. The molecule has 0 radical (unpaired) electrons. The molecule has 2 aromatic rings. The van der Waals surface area contributed by atoms with E-state index in [1.165, 1.54) is 6.07 Å². The monoisotopic (exact) mass is 356 g/mol. The summed E-state index contributed by atoms with van der Waals surface area (Å²) in [6.45, 7) is 1.89. The van der Waals surface area contributed by atoms with Crippen LogP contribution in [-0.4, -0.2) is 4.99 Å². The summed E-state index contributed by atoms with van der Waals surface area (Å²) in [5.41, 5.74) is 7.93. The number of nitrogens with one attached hydrogen (secondary N) is 1. The summed E-state index contributed by atoms with van der Waals surface area (Å²) in [5.74, 6) is -1.35. The third-order valence-electron chi connectivity index (χ3n) is 2.72. The van der Waals surface area contributed by atoms with Gasteiger partial charge in [-0.15, -0.1) is 0 Å². The summed E-state index contributed by atoms with van der Waals surface area (Å²) in [7, 11) is 0. The van der Waals surface area contributed by atoms with Gasteiger partial charge in [0.25, 0.3) is 0 Å². The third-order valence-corrected chi connectivity index (χ3v) is 3.55. The molecule has 0 fully saturated rings. The maximum Gasteiger partial charge on any atom is 0.149 e. The molecule has 0 aromatic heterocycles. The van der Waals surface area contributed by atoms with Crippen LogP contribution in [0.25, 0.3) is 0 Å². The van der Waals surface area contributed by atoms with Crippen molar-refractivity contribution in [2.45, 2.75) is 6.92 Å². The minimum atomic E-state index is -0.693. The van der Waals surface area contributed by atoms with Crippen LogP contribution in [0.15, 0.2) is 34.8 Å². The maximum absolute atomic E-state index is 13.8. The van der Waals surface area contributed by atoms with E-state index < -0.39 is 11.6 Å². The Kier molecular flexibility index (Phi) is 4.35. The Morgan fingerprint density at radius 3 is 2.50 bits per heavy atom. The highest BCUT2D eigenvalue weighted by Gasteiger charge is 2.11. The molecular weight excluding hydrogens is 346 g/mol. The Labute approximate surface area is 129 Å². The number of benzene rings is 2. The summed E-state index contributed by atoms with van der Waals surface area (Å²) in [5, 5.41) is 2.89. The second-order valence-corrected chi connectivity index (χ2v) is 5.58. The number of rotatable bonds is 3. The number of halogens is 3. The first-order valence-corrected chi connectivity index (χ1v) is 6.90. The summed E-state index contributed by atoms with van der Waals surface area (Å²) < 4.78 is 27.1. The SMILES string of the molecule is Cc1ccc(C(N)=S)c(Nc2cc(Br)c(F)cc2F)c1. The average molecular weight is 357 g/mol. The number of nitrogens with two attached hydrogens (primary N) is 1. The molecule has 0 aliphatic rings. The molecule has 0 saturated heterocycles. The minimum Gasteiger partial charge on any atom is -0.389 e. The molecule has 20 heavy (non-hydrogen) atoms. The van der Waals surface area contributed by atoms with E-state index in [0.717, 1.165) is 11.6 Å². The normalized spacial score (nSPS) is 10.4. The van der Waals surface area contributed by atoms with Gasteiger partial charge in [-0.1, -0.05) is 18.3 Å². The van der Waals surface area contributed by atoms with Gasteiger partial charge >= 0.3 is 0 Å². The second-order valence-electron chi connectivity index (χ2n) is 4.28. The Morgan fingerprint density at radius 1 is 1.15 bits per heavy atom. The second kappa shape index (κ2) is 5.85. The van der Waals surface area contributed by atoms with Crippen molar-refractivity contribution in [2.75, 3.05) is 5.32 Å². The van der Waals surface area contributed by atoms with Crippen molar-refractivity contribution in [3.05, 3.63) is 57.6 Å². The molecule has 0 aliphatic heterocycles. The topological polar surface area (TPSA) is 38.0 Å². The van der Waals surface area contributed by atoms with Gasteiger partial charge in [0, 0.05) is 17.3 Å². The first-order chi connectivity index (χ1) is 9.38. The van der Waals surface area contributed by atoms with Gasteiger partial charge in [0.2, 0.25) is 0 Å². The predicted octanol–water partition coefficient (Wildman–Crippen LogP) is 4.41. The standard InChI is InChI=1S/C14H11BrF2N2S/c1-7-2-3-8(14(18)20)12(4-7)19-13-5-9(15)10(16)6-11(13)17/h2-6,19H,1H3,(H2,18,20). The number of hydrogen-bond donors (Lipinski definition) is 2. The minimum absolute atomic E-state index is 0.140. The molecule has 0 heterocycles. The van der Waals surface area contributed by atoms with Crippen molar-refractivity contribution < 1.29 is 8.78 Å². The van der Waals surface area contributed by atoms with E-state index in [1.54, 1.807) is 12.1 Å². The lowest BCUT2D eigenvalue weighted by molar-refractivity contribution is 0.581. The quantitative estimate of drug-likeness (QED) is 0.631. The Morgan fingerprint density at radius 2 is 1.85 bits per heavy atom. The predicted molar refractivity (Wildman–Crippen MR) is 84.4 cm³/mol. The molecule has 2 nitrogen and oxygen atoms in total. The van der Waals surface area contributed by atoms with Crippen molar-refractivity contribution >= 4 is 44.5 Å². The van der Waals surface area contributed by atoms with E-state index in [2.05, 4.69) is 21.2 Å². The van der Waals surface area contributed by atoms with Crippen LogP contribution in [0.5, 0.6) is 0 Å². The molecule has 6 heteroatoms. The number of anilines is 2. The molecule has 0 saturated carbocycles. The smallest absolute Gasteiger partial charge is 0.149 e. The molecule has 2 aromatic carbocycles. The fourth-order valence-corrected chi connectivity index (χ4v) is 2.26. The van der Waals surface area contributed by atoms with Crippen LogP contribution in [0, 0.1) is 18.6 Å². The molecule has 3 N–H and O–H groups in total. The van der Waals surface area contributed by atoms with E-state index >= 15 is 0 Å². The largest absolute Gasteiger partial charge is 0.389 e. The Balaban J connectivity index is 2.47. The van der Waals surface area contributed by atoms with Gasteiger partial charge in [0.15, 0.2) is 0 Å². The lowest BCUT2D eigenvalue weighted by Crippen LogP contribution is -2.12. The van der Waals surface area contributed by atoms with E-state index in [0.29, 0.717) is 11.3 Å². The first-order valence-electron chi connectivity index (χ1n) is 5.70. The van der Waals surface area contributed by atoms with Gasteiger partial charge in [-0.3, -0.25) is 0 Å². The van der Waals surface area contributed by atoms with Crippen molar-refractivity contribution in [1.29, 1.82) is 0 Å². The van der Waals surface area contributed by atoms with Crippen molar-refractivity contribution in [3.63, 3.8) is 0 Å². The first kappa shape index (κ1) is 14.9. The van der Waals surface area contributed by atoms with E-state index in [4.69, 9.17) is 18.0 Å². The average Bonchev–Trinajstić information content (AvgIpc) is 2.35. The molecular formula is C14H11BrF2N2S. The summed E-state index contributed by atoms with van der Waals surface area (Å²) in [6.07, 6.45) is 0. The van der Waals surface area contributed by atoms with Crippen molar-refractivity contribution in [2.24, 2.45) is 5.73 Å². The van der Waals surface area contributed by atoms with Crippen LogP contribution >= 0.6 is 28.1 Å². The molecule has 0 aliphatic carbocycles. The lowest BCUT2D eigenvalue weighted by Gasteiger charge is -2.13. The van der Waals surface area contributed by atoms with Crippen molar-refractivity contribution in [1.82, 2.24) is 0 Å². The highest BCUT2D eigenvalue weighted by Crippen LogP contribution is 2.28. The number of aryl methyl sites for hydroxylation is 1. The van der Waals surface area contributed by atoms with Crippen LogP contribution in [0.3, 0.4) is 0 Å². The van der Waals surface area contributed by atoms with Gasteiger partial charge in [0.05, 0.1) is 10.2 Å². The Hall–Kier alpha value is -1.53. The van der Waals surface area contributed by atoms with Crippen molar-refractivity contribution in [3.8, 4) is 0 Å². The van der Waals surface area contributed by atoms with E-state index in [9.17, 15) is 8.78 Å². The van der Waals surface area contributed by atoms with E-state index in [-0.39, 0.29) is 15.1 Å². The summed E-state index contributed by atoms with van der Waals surface area (Å²) >= 11 is 7.99. The van der Waals surface area contributed by atoms with Gasteiger partial charge < -0.3 is 11.1 Å². The van der Waals surface area contributed by atoms with Gasteiger partial charge in [0.1, 0.15) is 16.6 Å². The van der Waals surface area contributed by atoms with Crippen LogP contribution < -0.4 is 11.1 Å². The zero-order valence-electron chi connectivity index (χ0n) is 10.5. The van der Waals surface area contributed by atoms with Gasteiger partial charge in [-0.25, -0.2) is 8.78 Å². The van der Waals surface area contributed by atoms with Gasteiger partial charge in [-0.2, -0.15) is 0 Å². The Bertz CT molecular complexity index is 689. The fourth-order valence-electron chi connectivity index (χ4n) is 1.74. The molecule has 2 rings (SSSR count). The summed E-state index contributed by atoms with van der Waals surface area (Å²) in [6, 6.07) is 7.55. The van der Waals surface area contributed by atoms with Crippen LogP contribution in [-0.2, 0) is 0 Å². The molecule has 0 amide bonds. The molecule has 0 bridgehead atoms. The van der Waals surface area contributed by atoms with Crippen LogP contribution in [0.2, 0.25) is 0 Å². The van der Waals surface area contributed by atoms with Gasteiger partial charge in [-0.05, 0) is 46.6 Å². The fraction of sp³-hybridized carbons (Fsp3) is 0.0714. The van der Waals surface area contributed by atoms with E-state index in [1.807, 2.05) is 13.0 Å². The zero-order chi connectivity index (χ0) is 14.9. The molecule has 0 unspecified atom stereocenters. The molecule has 104 valence electrons. The maximum atomic E-state index is 13.8. The number of thiocarbonyl (C=S) groups is 1. The highest BCUT2D eigenvalue weighted by molar-refractivity contribution is 9.10. The van der Waals surface area contributed by atoms with Crippen LogP contribution in [0.1, 0.15) is 11.1 Å². The molecule has 0 atom stereocenters. The zero-order valence-corrected chi connectivity index (χ0v) is 12.9. The third kappa shape index (κ3) is 3.13. The molecule has 0 spiro atoms. The highest BCUT2D eigenvalue weighted by atomic mass is 79.9. The lowest BCUT2D eigenvalue weighted by atomic mass is 10.1.